The Morgan fingerprint density at radius 1 is 0.543 bits per heavy atom. The maximum Gasteiger partial charge on any atom is 0.0968 e. The first-order chi connectivity index (χ1) is 17.2. The third kappa shape index (κ3) is 2.92. The minimum atomic E-state index is 0.301. The Kier molecular flexibility index (Phi) is 3.90. The lowest BCUT2D eigenvalue weighted by atomic mass is 9.64. The van der Waals surface area contributed by atoms with E-state index in [0.29, 0.717) is 5.41 Å². The number of nitrogens with zero attached hydrogens (tertiary/aromatic N) is 4. The fourth-order valence-corrected chi connectivity index (χ4v) is 6.57. The van der Waals surface area contributed by atoms with Gasteiger partial charge in [-0.3, -0.25) is 19.9 Å². The van der Waals surface area contributed by atoms with Crippen LogP contribution in [-0.2, 0) is 25.7 Å². The first-order valence-corrected chi connectivity index (χ1v) is 12.6. The van der Waals surface area contributed by atoms with E-state index in [1.165, 1.54) is 46.1 Å². The monoisotopic (exact) mass is 452 g/mol. The molecule has 4 heteroatoms. The Bertz CT molecular complexity index is 1690. The lowest BCUT2D eigenvalue weighted by Crippen LogP contribution is -2.35. The average Bonchev–Trinajstić information content (AvgIpc) is 2.91. The molecule has 2 aliphatic rings. The second-order valence-electron chi connectivity index (χ2n) is 10.5. The van der Waals surface area contributed by atoms with E-state index < -0.39 is 0 Å². The van der Waals surface area contributed by atoms with E-state index in [0.717, 1.165) is 58.5 Å². The number of hydrogen-bond donors (Lipinski definition) is 0. The summed E-state index contributed by atoms with van der Waals surface area (Å²) in [4.78, 5) is 19.6. The molecule has 6 aromatic rings. The molecule has 0 saturated carbocycles. The number of fused-ring (bicyclic) bond motifs is 8. The molecule has 0 saturated heterocycles. The molecule has 2 aromatic carbocycles. The van der Waals surface area contributed by atoms with Crippen LogP contribution in [0.2, 0.25) is 0 Å². The molecule has 0 fully saturated rings. The molecular formula is C31H24N4. The Balaban J connectivity index is 1.19. The van der Waals surface area contributed by atoms with Crippen LogP contribution in [0, 0.1) is 5.41 Å². The minimum Gasteiger partial charge on any atom is -0.254 e. The molecule has 8 rings (SSSR count). The Morgan fingerprint density at radius 2 is 1.03 bits per heavy atom. The van der Waals surface area contributed by atoms with Gasteiger partial charge in [-0.05, 0) is 79.3 Å². The molecule has 0 N–H and O–H groups in total. The number of pyridine rings is 4. The summed E-state index contributed by atoms with van der Waals surface area (Å²) in [6, 6.07) is 21.8. The molecule has 4 heterocycles. The second-order valence-corrected chi connectivity index (χ2v) is 10.5. The van der Waals surface area contributed by atoms with Crippen LogP contribution in [0.4, 0.5) is 0 Å². The first-order valence-electron chi connectivity index (χ1n) is 12.6. The van der Waals surface area contributed by atoms with Gasteiger partial charge in [-0.2, -0.15) is 0 Å². The van der Waals surface area contributed by atoms with Crippen LogP contribution in [-0.4, -0.2) is 19.9 Å². The molecule has 0 unspecified atom stereocenters. The van der Waals surface area contributed by atoms with Crippen molar-refractivity contribution in [1.82, 2.24) is 19.9 Å². The summed E-state index contributed by atoms with van der Waals surface area (Å²) in [7, 11) is 0. The van der Waals surface area contributed by atoms with Crippen LogP contribution >= 0.6 is 0 Å². The van der Waals surface area contributed by atoms with Crippen molar-refractivity contribution in [3.63, 3.8) is 0 Å². The smallest absolute Gasteiger partial charge is 0.0968 e. The van der Waals surface area contributed by atoms with E-state index in [4.69, 9.17) is 9.97 Å². The van der Waals surface area contributed by atoms with E-state index in [2.05, 4.69) is 58.5 Å². The molecule has 1 spiro atoms. The highest BCUT2D eigenvalue weighted by atomic mass is 14.8. The van der Waals surface area contributed by atoms with Crippen LogP contribution in [0.5, 0.6) is 0 Å². The van der Waals surface area contributed by atoms with Crippen LogP contribution in [0.3, 0.4) is 0 Å². The zero-order valence-electron chi connectivity index (χ0n) is 19.5. The predicted octanol–water partition coefficient (Wildman–Crippen LogP) is 6.54. The Hall–Kier alpha value is -3.92. The number of rotatable bonds is 0. The highest BCUT2D eigenvalue weighted by Gasteiger charge is 2.38. The molecule has 0 aliphatic heterocycles. The van der Waals surface area contributed by atoms with Crippen molar-refractivity contribution in [1.29, 1.82) is 0 Å². The van der Waals surface area contributed by atoms with Crippen molar-refractivity contribution < 1.29 is 0 Å². The lowest BCUT2D eigenvalue weighted by molar-refractivity contribution is 0.207. The zero-order valence-corrected chi connectivity index (χ0v) is 19.5. The topological polar surface area (TPSA) is 51.6 Å². The van der Waals surface area contributed by atoms with Gasteiger partial charge in [0.2, 0.25) is 0 Å². The molecule has 168 valence electrons. The maximum absolute atomic E-state index is 5.15. The quantitative estimate of drug-likeness (QED) is 0.245. The molecule has 35 heavy (non-hydrogen) atoms. The number of hydrogen-bond acceptors (Lipinski definition) is 4. The standard InChI is InChI=1S/C31H24N4/c1-3-19-5-7-21-15-23-17-31(11-9-25(23)34-29(21)27(19)32-13-1)12-10-26-24(18-31)16-22-8-6-20-4-2-14-33-28(20)30(22)35-26/h1-8,13-16H,9-12,17-18H2. The number of aromatic nitrogens is 4. The van der Waals surface area contributed by atoms with Gasteiger partial charge in [0.15, 0.2) is 0 Å². The number of benzene rings is 2. The van der Waals surface area contributed by atoms with Gasteiger partial charge < -0.3 is 0 Å². The molecule has 4 nitrogen and oxygen atoms in total. The third-order valence-electron chi connectivity index (χ3n) is 8.37. The molecule has 0 atom stereocenters. The highest BCUT2D eigenvalue weighted by Crippen LogP contribution is 2.46. The first kappa shape index (κ1) is 19.4. The van der Waals surface area contributed by atoms with Crippen LogP contribution in [0.25, 0.3) is 43.6 Å². The van der Waals surface area contributed by atoms with Crippen LogP contribution in [0.1, 0.15) is 35.4 Å². The van der Waals surface area contributed by atoms with Crippen molar-refractivity contribution in [2.45, 2.75) is 38.5 Å². The summed E-state index contributed by atoms with van der Waals surface area (Å²) in [6.45, 7) is 0. The van der Waals surface area contributed by atoms with E-state index in [1.807, 2.05) is 24.5 Å². The summed E-state index contributed by atoms with van der Waals surface area (Å²) in [6.07, 6.45) is 10.4. The fourth-order valence-electron chi connectivity index (χ4n) is 6.57. The van der Waals surface area contributed by atoms with Gasteiger partial charge in [-0.15, -0.1) is 0 Å². The molecule has 4 aromatic heterocycles. The molecule has 0 bridgehead atoms. The SMILES string of the molecule is c1cnc2c(c1)ccc1cc3c(nc12)CCC1(CCc2nc4c(ccc5cccnc54)cc2C1)C3. The Morgan fingerprint density at radius 3 is 1.54 bits per heavy atom. The fraction of sp³-hybridized carbons (Fsp3) is 0.226. The summed E-state index contributed by atoms with van der Waals surface area (Å²) < 4.78 is 0. The highest BCUT2D eigenvalue weighted by molar-refractivity contribution is 6.03. The maximum atomic E-state index is 5.15. The average molecular weight is 453 g/mol. The van der Waals surface area contributed by atoms with Crippen molar-refractivity contribution in [3.8, 4) is 0 Å². The molecule has 0 amide bonds. The van der Waals surface area contributed by atoms with Gasteiger partial charge in [0, 0.05) is 45.3 Å². The van der Waals surface area contributed by atoms with Gasteiger partial charge in [-0.1, -0.05) is 36.4 Å². The van der Waals surface area contributed by atoms with Gasteiger partial charge in [0.05, 0.1) is 22.1 Å². The molecular weight excluding hydrogens is 428 g/mol. The van der Waals surface area contributed by atoms with E-state index >= 15 is 0 Å². The van der Waals surface area contributed by atoms with E-state index in [-0.39, 0.29) is 0 Å². The minimum absolute atomic E-state index is 0.301. The predicted molar refractivity (Wildman–Crippen MR) is 141 cm³/mol. The Labute approximate surface area is 203 Å². The second kappa shape index (κ2) is 7.05. The largest absolute Gasteiger partial charge is 0.254 e. The van der Waals surface area contributed by atoms with Crippen molar-refractivity contribution in [2.24, 2.45) is 5.41 Å². The van der Waals surface area contributed by atoms with Gasteiger partial charge in [-0.25, -0.2) is 0 Å². The van der Waals surface area contributed by atoms with Gasteiger partial charge in [0.1, 0.15) is 0 Å². The molecule has 2 aliphatic carbocycles. The van der Waals surface area contributed by atoms with Crippen LogP contribution in [0.15, 0.2) is 73.1 Å². The molecule has 0 radical (unpaired) electrons. The van der Waals surface area contributed by atoms with E-state index in [9.17, 15) is 0 Å². The number of aryl methyl sites for hydroxylation is 2. The van der Waals surface area contributed by atoms with Gasteiger partial charge >= 0.3 is 0 Å². The third-order valence-corrected chi connectivity index (χ3v) is 8.37. The van der Waals surface area contributed by atoms with Crippen molar-refractivity contribution >= 4 is 43.6 Å². The summed E-state index contributed by atoms with van der Waals surface area (Å²) in [5.74, 6) is 0. The normalized spacial score (nSPS) is 16.7. The summed E-state index contributed by atoms with van der Waals surface area (Å²) in [5.41, 5.74) is 9.79. The van der Waals surface area contributed by atoms with Crippen molar-refractivity contribution in [3.05, 3.63) is 95.6 Å². The van der Waals surface area contributed by atoms with E-state index in [1.54, 1.807) is 0 Å². The zero-order chi connectivity index (χ0) is 23.0. The van der Waals surface area contributed by atoms with Gasteiger partial charge in [0.25, 0.3) is 0 Å². The van der Waals surface area contributed by atoms with Crippen molar-refractivity contribution in [2.75, 3.05) is 0 Å². The van der Waals surface area contributed by atoms with Crippen LogP contribution < -0.4 is 0 Å². The summed E-state index contributed by atoms with van der Waals surface area (Å²) in [5, 5.41) is 4.73. The lowest BCUT2D eigenvalue weighted by Gasteiger charge is -2.41. The summed E-state index contributed by atoms with van der Waals surface area (Å²) >= 11 is 0.